The smallest absolute Gasteiger partial charge is 0.339 e. The van der Waals surface area contributed by atoms with Crippen molar-refractivity contribution in [3.63, 3.8) is 0 Å². The molecule has 6 heteroatoms. The highest BCUT2D eigenvalue weighted by molar-refractivity contribution is 6.03. The van der Waals surface area contributed by atoms with Crippen molar-refractivity contribution in [3.05, 3.63) is 35.4 Å². The van der Waals surface area contributed by atoms with Gasteiger partial charge in [-0.1, -0.05) is 130 Å². The van der Waals surface area contributed by atoms with Crippen LogP contribution < -0.4 is 0 Å². The highest BCUT2D eigenvalue weighted by Gasteiger charge is 2.19. The molecule has 0 spiro atoms. The van der Waals surface area contributed by atoms with Gasteiger partial charge in [-0.2, -0.15) is 0 Å². The zero-order chi connectivity index (χ0) is 33.5. The summed E-state index contributed by atoms with van der Waals surface area (Å²) in [6, 6.07) is 6.85. The summed E-state index contributed by atoms with van der Waals surface area (Å²) in [4.78, 5) is 30.7. The average Bonchev–Trinajstić information content (AvgIpc) is 3.08. The van der Waals surface area contributed by atoms with Crippen LogP contribution in [-0.2, 0) is 9.47 Å². The summed E-state index contributed by atoms with van der Waals surface area (Å²) in [7, 11) is 0. The van der Waals surface area contributed by atoms with Gasteiger partial charge in [0.1, 0.15) is 0 Å². The fraction of sp³-hybridized carbons (Fsp3) is 0.800. The molecular formula is C40H72N2O4. The van der Waals surface area contributed by atoms with Crippen LogP contribution in [0.3, 0.4) is 0 Å². The van der Waals surface area contributed by atoms with E-state index in [-0.39, 0.29) is 0 Å². The van der Waals surface area contributed by atoms with E-state index in [4.69, 9.17) is 9.47 Å². The maximum absolute atomic E-state index is 12.8. The van der Waals surface area contributed by atoms with Gasteiger partial charge in [0.05, 0.1) is 24.3 Å². The molecule has 0 fully saturated rings. The standard InChI is InChI=1S/C40H72N2O4/c1-5-9-11-13-15-17-19-23-31-41(7-3)33-25-27-35-45-39(43)37-29-21-22-30-38(37)40(44)46-36-28-26-34-42(8-4)32-24-20-18-16-14-12-10-6-2/h21-22,29-30H,5-20,23-28,31-36H2,1-4H3. The molecule has 0 heterocycles. The SMILES string of the molecule is CCCCCCCCCCN(CC)CCCCOC(=O)c1ccccc1C(=O)OCCCCN(CC)CCCCCCCCCC. The maximum Gasteiger partial charge on any atom is 0.339 e. The molecule has 0 bridgehead atoms. The number of rotatable bonds is 32. The Morgan fingerprint density at radius 3 is 1.09 bits per heavy atom. The van der Waals surface area contributed by atoms with Crippen LogP contribution in [0.15, 0.2) is 24.3 Å². The number of hydrogen-bond acceptors (Lipinski definition) is 6. The van der Waals surface area contributed by atoms with Crippen LogP contribution in [0.4, 0.5) is 0 Å². The third-order valence-electron chi connectivity index (χ3n) is 9.12. The highest BCUT2D eigenvalue weighted by Crippen LogP contribution is 2.14. The third kappa shape index (κ3) is 21.8. The summed E-state index contributed by atoms with van der Waals surface area (Å²) < 4.78 is 11.1. The molecule has 6 nitrogen and oxygen atoms in total. The Balaban J connectivity index is 2.23. The van der Waals surface area contributed by atoms with E-state index in [0.29, 0.717) is 24.3 Å². The number of carbonyl (C=O) groups excluding carboxylic acids is 2. The Kier molecular flexibility index (Phi) is 27.8. The van der Waals surface area contributed by atoms with Gasteiger partial charge in [0.25, 0.3) is 0 Å². The third-order valence-corrected chi connectivity index (χ3v) is 9.12. The molecule has 0 N–H and O–H groups in total. The summed E-state index contributed by atoms with van der Waals surface area (Å²) >= 11 is 0. The molecule has 0 unspecified atom stereocenters. The minimum absolute atomic E-state index is 0.292. The van der Waals surface area contributed by atoms with Crippen molar-refractivity contribution in [2.75, 3.05) is 52.5 Å². The van der Waals surface area contributed by atoms with Crippen LogP contribution >= 0.6 is 0 Å². The van der Waals surface area contributed by atoms with E-state index in [1.165, 1.54) is 103 Å². The van der Waals surface area contributed by atoms with Gasteiger partial charge in [0.15, 0.2) is 0 Å². The number of nitrogens with zero attached hydrogens (tertiary/aromatic N) is 2. The zero-order valence-corrected chi connectivity index (χ0v) is 30.6. The molecule has 1 aromatic rings. The van der Waals surface area contributed by atoms with Crippen molar-refractivity contribution < 1.29 is 19.1 Å². The molecule has 0 aliphatic rings. The van der Waals surface area contributed by atoms with Crippen LogP contribution in [0.5, 0.6) is 0 Å². The van der Waals surface area contributed by atoms with Gasteiger partial charge in [-0.25, -0.2) is 9.59 Å². The van der Waals surface area contributed by atoms with Crippen molar-refractivity contribution in [1.29, 1.82) is 0 Å². The van der Waals surface area contributed by atoms with Gasteiger partial charge in [0, 0.05) is 0 Å². The summed E-state index contributed by atoms with van der Waals surface area (Å²) in [5.41, 5.74) is 0.583. The van der Waals surface area contributed by atoms with Crippen LogP contribution in [0.25, 0.3) is 0 Å². The molecule has 0 saturated carbocycles. The molecule has 1 rings (SSSR count). The van der Waals surface area contributed by atoms with Crippen LogP contribution in [0, 0.1) is 0 Å². The van der Waals surface area contributed by atoms with Crippen LogP contribution in [-0.4, -0.2) is 74.2 Å². The minimum Gasteiger partial charge on any atom is -0.462 e. The van der Waals surface area contributed by atoms with Gasteiger partial charge < -0.3 is 19.3 Å². The van der Waals surface area contributed by atoms with Crippen LogP contribution in [0.2, 0.25) is 0 Å². The van der Waals surface area contributed by atoms with Crippen molar-refractivity contribution in [1.82, 2.24) is 9.80 Å². The van der Waals surface area contributed by atoms with E-state index >= 15 is 0 Å². The van der Waals surface area contributed by atoms with E-state index in [0.717, 1.165) is 65.0 Å². The fourth-order valence-corrected chi connectivity index (χ4v) is 5.99. The van der Waals surface area contributed by atoms with Crippen molar-refractivity contribution in [3.8, 4) is 0 Å². The summed E-state index contributed by atoms with van der Waals surface area (Å²) in [5, 5.41) is 0. The predicted octanol–water partition coefficient (Wildman–Crippen LogP) is 10.5. The van der Waals surface area contributed by atoms with E-state index in [1.54, 1.807) is 24.3 Å². The zero-order valence-electron chi connectivity index (χ0n) is 30.6. The maximum atomic E-state index is 12.8. The molecule has 0 radical (unpaired) electrons. The lowest BCUT2D eigenvalue weighted by Crippen LogP contribution is -2.26. The first-order valence-corrected chi connectivity index (χ1v) is 19.4. The minimum atomic E-state index is -0.446. The quantitative estimate of drug-likeness (QED) is 0.0574. The van der Waals surface area contributed by atoms with Gasteiger partial charge in [-0.3, -0.25) is 0 Å². The lowest BCUT2D eigenvalue weighted by atomic mass is 10.1. The molecule has 0 aliphatic heterocycles. The second-order valence-electron chi connectivity index (χ2n) is 13.0. The van der Waals surface area contributed by atoms with E-state index in [9.17, 15) is 9.59 Å². The first-order chi connectivity index (χ1) is 22.6. The van der Waals surface area contributed by atoms with Gasteiger partial charge in [0.2, 0.25) is 0 Å². The summed E-state index contributed by atoms with van der Waals surface area (Å²) in [6.45, 7) is 16.2. The lowest BCUT2D eigenvalue weighted by Gasteiger charge is -2.20. The molecule has 266 valence electrons. The first-order valence-electron chi connectivity index (χ1n) is 19.4. The number of ether oxygens (including phenoxy) is 2. The molecule has 0 atom stereocenters. The van der Waals surface area contributed by atoms with Gasteiger partial charge in [-0.15, -0.1) is 0 Å². The van der Waals surface area contributed by atoms with E-state index < -0.39 is 11.9 Å². The predicted molar refractivity (Wildman–Crippen MR) is 195 cm³/mol. The number of hydrogen-bond donors (Lipinski definition) is 0. The molecule has 0 aliphatic carbocycles. The lowest BCUT2D eigenvalue weighted by molar-refractivity contribution is 0.0448. The van der Waals surface area contributed by atoms with E-state index in [2.05, 4.69) is 37.5 Å². The Bertz CT molecular complexity index is 792. The molecule has 46 heavy (non-hydrogen) atoms. The molecule has 0 aromatic heterocycles. The number of esters is 2. The second-order valence-corrected chi connectivity index (χ2v) is 13.0. The van der Waals surface area contributed by atoms with Gasteiger partial charge >= 0.3 is 11.9 Å². The topological polar surface area (TPSA) is 59.1 Å². The Labute approximate surface area is 284 Å². The molecule has 1 aromatic carbocycles. The number of carbonyl (C=O) groups is 2. The van der Waals surface area contributed by atoms with Gasteiger partial charge in [-0.05, 0) is 89.9 Å². The van der Waals surface area contributed by atoms with Crippen LogP contribution in [0.1, 0.15) is 177 Å². The van der Waals surface area contributed by atoms with Crippen molar-refractivity contribution >= 4 is 11.9 Å². The molecular weight excluding hydrogens is 572 g/mol. The molecule has 0 saturated heterocycles. The van der Waals surface area contributed by atoms with Crippen molar-refractivity contribution in [2.24, 2.45) is 0 Å². The highest BCUT2D eigenvalue weighted by atomic mass is 16.5. The number of unbranched alkanes of at least 4 members (excludes halogenated alkanes) is 16. The van der Waals surface area contributed by atoms with E-state index in [1.807, 2.05) is 0 Å². The monoisotopic (exact) mass is 645 g/mol. The first kappa shape index (κ1) is 42.1. The molecule has 0 amide bonds. The Morgan fingerprint density at radius 2 is 0.761 bits per heavy atom. The summed E-state index contributed by atoms with van der Waals surface area (Å²) in [6.07, 6.45) is 25.1. The summed E-state index contributed by atoms with van der Waals surface area (Å²) in [5.74, 6) is -0.892. The average molecular weight is 645 g/mol. The Hall–Kier alpha value is -1.92. The number of benzene rings is 1. The Morgan fingerprint density at radius 1 is 0.457 bits per heavy atom. The normalized spacial score (nSPS) is 11.4. The van der Waals surface area contributed by atoms with Crippen molar-refractivity contribution in [2.45, 2.75) is 156 Å². The largest absolute Gasteiger partial charge is 0.462 e. The fourth-order valence-electron chi connectivity index (χ4n) is 5.99. The second kappa shape index (κ2) is 30.4.